The quantitative estimate of drug-likeness (QED) is 0.615. The van der Waals surface area contributed by atoms with Crippen molar-refractivity contribution in [2.24, 2.45) is 46.3 Å². The third kappa shape index (κ3) is 3.94. The first-order valence-corrected chi connectivity index (χ1v) is 13.5. The highest BCUT2D eigenvalue weighted by Crippen LogP contribution is 2.69. The summed E-state index contributed by atoms with van der Waals surface area (Å²) >= 11 is 0. The van der Waals surface area contributed by atoms with Gasteiger partial charge < -0.3 is 10.2 Å². The molecule has 0 amide bonds. The van der Waals surface area contributed by atoms with Crippen LogP contribution in [0.2, 0.25) is 0 Å². The van der Waals surface area contributed by atoms with Gasteiger partial charge >= 0.3 is 6.18 Å². The fraction of sp³-hybridized carbons (Fsp3) is 0.962. The number of tetrazole rings is 1. The van der Waals surface area contributed by atoms with Crippen molar-refractivity contribution in [3.8, 4) is 0 Å². The Morgan fingerprint density at radius 1 is 1.03 bits per heavy atom. The molecule has 0 spiro atoms. The van der Waals surface area contributed by atoms with Crippen LogP contribution in [0.1, 0.15) is 84.4 Å². The molecule has 4 saturated carbocycles. The number of halogens is 3. The minimum Gasteiger partial charge on any atom is -0.391 e. The van der Waals surface area contributed by atoms with Gasteiger partial charge in [0, 0.05) is 0 Å². The molecule has 0 unspecified atom stereocenters. The first-order valence-electron chi connectivity index (χ1n) is 13.5. The summed E-state index contributed by atoms with van der Waals surface area (Å²) in [5.74, 6) is 2.55. The molecular formula is C26H41F3N4O2. The van der Waals surface area contributed by atoms with Gasteiger partial charge in [-0.2, -0.15) is 18.0 Å². The Morgan fingerprint density at radius 2 is 1.74 bits per heavy atom. The van der Waals surface area contributed by atoms with E-state index in [1.165, 1.54) is 4.80 Å². The van der Waals surface area contributed by atoms with E-state index in [0.717, 1.165) is 38.5 Å². The number of aliphatic hydroxyl groups is 2. The number of nitrogens with zero attached hydrogens (tertiary/aromatic N) is 4. The van der Waals surface area contributed by atoms with Crippen LogP contribution in [-0.2, 0) is 6.54 Å². The van der Waals surface area contributed by atoms with E-state index in [1.54, 1.807) is 6.92 Å². The third-order valence-corrected chi connectivity index (χ3v) is 11.5. The van der Waals surface area contributed by atoms with Crippen molar-refractivity contribution in [3.63, 3.8) is 0 Å². The number of rotatable bonds is 4. The molecule has 2 N–H and O–H groups in total. The lowest BCUT2D eigenvalue weighted by molar-refractivity contribution is -0.290. The first kappa shape index (κ1) is 25.4. The Morgan fingerprint density at radius 3 is 2.40 bits per heavy atom. The van der Waals surface area contributed by atoms with Gasteiger partial charge in [-0.15, -0.1) is 10.2 Å². The van der Waals surface area contributed by atoms with Crippen molar-refractivity contribution in [1.29, 1.82) is 0 Å². The number of hydrogen-bond acceptors (Lipinski definition) is 5. The molecule has 1 heterocycles. The molecule has 35 heavy (non-hydrogen) atoms. The van der Waals surface area contributed by atoms with E-state index in [-0.39, 0.29) is 35.5 Å². The lowest BCUT2D eigenvalue weighted by Crippen LogP contribution is -2.59. The monoisotopic (exact) mass is 498 g/mol. The Balaban J connectivity index is 1.31. The summed E-state index contributed by atoms with van der Waals surface area (Å²) in [5, 5.41) is 33.6. The van der Waals surface area contributed by atoms with Crippen LogP contribution in [-0.4, -0.2) is 48.3 Å². The number of aryl methyl sites for hydroxylation is 1. The van der Waals surface area contributed by atoms with Gasteiger partial charge in [-0.05, 0) is 116 Å². The molecule has 4 fully saturated rings. The fourth-order valence-corrected chi connectivity index (χ4v) is 9.41. The molecule has 4 aliphatic carbocycles. The zero-order chi connectivity index (χ0) is 25.4. The topological polar surface area (TPSA) is 84.1 Å². The molecule has 198 valence electrons. The summed E-state index contributed by atoms with van der Waals surface area (Å²) in [5.41, 5.74) is -2.51. The molecule has 1 aromatic rings. The van der Waals surface area contributed by atoms with Gasteiger partial charge in [-0.1, -0.05) is 20.8 Å². The van der Waals surface area contributed by atoms with Crippen LogP contribution in [0.4, 0.5) is 13.2 Å². The molecule has 0 saturated heterocycles. The van der Waals surface area contributed by atoms with E-state index in [2.05, 4.69) is 36.2 Å². The van der Waals surface area contributed by atoms with Crippen LogP contribution in [0.15, 0.2) is 0 Å². The number of aromatic nitrogens is 4. The second kappa shape index (κ2) is 8.40. The van der Waals surface area contributed by atoms with E-state index in [0.29, 0.717) is 42.5 Å². The standard InChI is InChI=1S/C26H41F3N4O2/c1-15(22(34)14-33-31-16(2)30-32-33)19-7-8-20-18-6-5-17-13-25(35,26(27,28)29)12-11-23(17,3)21(18)9-10-24(19,20)4/h15,17-22,34-35H,5-14H2,1-4H3/t15-,17+,18-,19+,20-,21-,22+,23-,24+,25+/m0/s1. The summed E-state index contributed by atoms with van der Waals surface area (Å²) in [6, 6.07) is 0. The molecule has 4 aliphatic rings. The van der Waals surface area contributed by atoms with Gasteiger partial charge in [0.05, 0.1) is 12.6 Å². The number of aliphatic hydroxyl groups excluding tert-OH is 1. The maximum atomic E-state index is 13.6. The van der Waals surface area contributed by atoms with E-state index in [4.69, 9.17) is 0 Å². The van der Waals surface area contributed by atoms with Crippen molar-refractivity contribution in [2.45, 2.75) is 110 Å². The van der Waals surface area contributed by atoms with Gasteiger partial charge in [-0.25, -0.2) is 0 Å². The molecule has 1 aromatic heterocycles. The highest BCUT2D eigenvalue weighted by Gasteiger charge is 2.65. The lowest BCUT2D eigenvalue weighted by Gasteiger charge is -2.62. The van der Waals surface area contributed by atoms with Crippen LogP contribution in [0.25, 0.3) is 0 Å². The number of hydrogen-bond donors (Lipinski definition) is 2. The van der Waals surface area contributed by atoms with Gasteiger partial charge in [0.15, 0.2) is 11.4 Å². The molecule has 9 heteroatoms. The van der Waals surface area contributed by atoms with Crippen LogP contribution in [0, 0.1) is 53.3 Å². The minimum absolute atomic E-state index is 0.0648. The second-order valence-electron chi connectivity index (χ2n) is 12.9. The SMILES string of the molecule is Cc1nnn(C[C@@H](O)[C@@H](C)[C@H]2CC[C@H]3[C@@H]4CC[C@@H]5C[C@@](O)(C(F)(F)F)CC[C@]5(C)[C@H]4CC[C@]23C)n1. The van der Waals surface area contributed by atoms with Crippen molar-refractivity contribution < 1.29 is 23.4 Å². The van der Waals surface area contributed by atoms with E-state index < -0.39 is 17.9 Å². The van der Waals surface area contributed by atoms with Crippen LogP contribution < -0.4 is 0 Å². The summed E-state index contributed by atoms with van der Waals surface area (Å²) in [6.07, 6.45) is 1.12. The Hall–Kier alpha value is -1.22. The van der Waals surface area contributed by atoms with Gasteiger partial charge in [-0.3, -0.25) is 0 Å². The molecule has 5 rings (SSSR count). The Bertz CT molecular complexity index is 940. The smallest absolute Gasteiger partial charge is 0.391 e. The average Bonchev–Trinajstić information content (AvgIpc) is 3.35. The number of fused-ring (bicyclic) bond motifs is 5. The van der Waals surface area contributed by atoms with E-state index in [9.17, 15) is 23.4 Å². The van der Waals surface area contributed by atoms with Crippen molar-refractivity contribution in [2.75, 3.05) is 0 Å². The van der Waals surface area contributed by atoms with Crippen molar-refractivity contribution in [1.82, 2.24) is 20.2 Å². The predicted molar refractivity (Wildman–Crippen MR) is 124 cm³/mol. The van der Waals surface area contributed by atoms with Gasteiger partial charge in [0.2, 0.25) is 0 Å². The summed E-state index contributed by atoms with van der Waals surface area (Å²) in [4.78, 5) is 1.48. The molecule has 6 nitrogen and oxygen atoms in total. The zero-order valence-electron chi connectivity index (χ0n) is 21.4. The zero-order valence-corrected chi connectivity index (χ0v) is 21.4. The molecule has 0 aliphatic heterocycles. The maximum absolute atomic E-state index is 13.6. The maximum Gasteiger partial charge on any atom is 0.417 e. The summed E-state index contributed by atoms with van der Waals surface area (Å²) < 4.78 is 40.8. The van der Waals surface area contributed by atoms with E-state index >= 15 is 0 Å². The van der Waals surface area contributed by atoms with E-state index in [1.807, 2.05) is 0 Å². The lowest BCUT2D eigenvalue weighted by atomic mass is 9.43. The highest BCUT2D eigenvalue weighted by atomic mass is 19.4. The highest BCUT2D eigenvalue weighted by molar-refractivity contribution is 5.12. The predicted octanol–water partition coefficient (Wildman–Crippen LogP) is 4.93. The van der Waals surface area contributed by atoms with Crippen LogP contribution >= 0.6 is 0 Å². The van der Waals surface area contributed by atoms with Crippen LogP contribution in [0.3, 0.4) is 0 Å². The molecule has 10 atom stereocenters. The van der Waals surface area contributed by atoms with Crippen molar-refractivity contribution >= 4 is 0 Å². The van der Waals surface area contributed by atoms with Crippen LogP contribution in [0.5, 0.6) is 0 Å². The first-order chi connectivity index (χ1) is 16.3. The normalized spacial score (nSPS) is 45.3. The van der Waals surface area contributed by atoms with Gasteiger partial charge in [0.1, 0.15) is 0 Å². The minimum atomic E-state index is -4.55. The second-order valence-corrected chi connectivity index (χ2v) is 12.9. The average molecular weight is 499 g/mol. The Labute approximate surface area is 206 Å². The third-order valence-electron chi connectivity index (χ3n) is 11.5. The van der Waals surface area contributed by atoms with Crippen molar-refractivity contribution in [3.05, 3.63) is 5.82 Å². The molecule has 0 bridgehead atoms. The largest absolute Gasteiger partial charge is 0.417 e. The van der Waals surface area contributed by atoms with Gasteiger partial charge in [0.25, 0.3) is 0 Å². The summed E-state index contributed by atoms with van der Waals surface area (Å²) in [7, 11) is 0. The number of alkyl halides is 3. The molecule has 0 aromatic carbocycles. The Kier molecular flexibility index (Phi) is 6.10. The fourth-order valence-electron chi connectivity index (χ4n) is 9.41. The summed E-state index contributed by atoms with van der Waals surface area (Å²) in [6.45, 7) is 8.90. The molecule has 0 radical (unpaired) electrons. The molecular weight excluding hydrogens is 457 g/mol.